The van der Waals surface area contributed by atoms with Gasteiger partial charge in [0.25, 0.3) is 5.91 Å². The third kappa shape index (κ3) is 3.99. The average Bonchev–Trinajstić information content (AvgIpc) is 3.13. The van der Waals surface area contributed by atoms with E-state index >= 15 is 0 Å². The van der Waals surface area contributed by atoms with Gasteiger partial charge in [0.2, 0.25) is 0 Å². The number of amides is 1. The number of rotatable bonds is 6. The topological polar surface area (TPSA) is 46.2 Å². The van der Waals surface area contributed by atoms with Crippen molar-refractivity contribution in [3.05, 3.63) is 35.4 Å². The number of ketones is 1. The van der Waals surface area contributed by atoms with Gasteiger partial charge >= 0.3 is 0 Å². The van der Waals surface area contributed by atoms with Gasteiger partial charge in [-0.1, -0.05) is 12.1 Å². The predicted octanol–water partition coefficient (Wildman–Crippen LogP) is 2.49. The molecule has 1 N–H and O–H groups in total. The van der Waals surface area contributed by atoms with Gasteiger partial charge in [-0.2, -0.15) is 0 Å². The lowest BCUT2D eigenvalue weighted by molar-refractivity contribution is -0.117. The van der Waals surface area contributed by atoms with Gasteiger partial charge in [-0.15, -0.1) is 0 Å². The average molecular weight is 245 g/mol. The molecule has 96 valence electrons. The molecular weight excluding hydrogens is 226 g/mol. The Bertz CT molecular complexity index is 450. The molecule has 0 radical (unpaired) electrons. The summed E-state index contributed by atoms with van der Waals surface area (Å²) in [5.74, 6) is 0.239. The Morgan fingerprint density at radius 3 is 2.78 bits per heavy atom. The summed E-state index contributed by atoms with van der Waals surface area (Å²) >= 11 is 0. The summed E-state index contributed by atoms with van der Waals surface area (Å²) in [5.41, 5.74) is 1.85. The van der Waals surface area contributed by atoms with Crippen LogP contribution in [0.1, 0.15) is 48.5 Å². The normalized spacial score (nSPS) is 14.3. The zero-order valence-corrected chi connectivity index (χ0v) is 10.7. The zero-order chi connectivity index (χ0) is 13.0. The van der Waals surface area contributed by atoms with Gasteiger partial charge in [-0.25, -0.2) is 0 Å². The largest absolute Gasteiger partial charge is 0.349 e. The van der Waals surface area contributed by atoms with Gasteiger partial charge in [-0.05, 0) is 50.3 Å². The molecule has 1 aliphatic rings. The molecule has 1 aliphatic carbocycles. The van der Waals surface area contributed by atoms with Crippen molar-refractivity contribution in [1.82, 2.24) is 5.32 Å². The molecule has 3 heteroatoms. The minimum Gasteiger partial charge on any atom is -0.349 e. The Kier molecular flexibility index (Phi) is 4.13. The molecule has 1 aromatic carbocycles. The summed E-state index contributed by atoms with van der Waals surface area (Å²) in [6, 6.07) is 8.07. The minimum absolute atomic E-state index is 0.0194. The van der Waals surface area contributed by atoms with E-state index in [1.54, 1.807) is 6.92 Å². The Balaban J connectivity index is 1.91. The van der Waals surface area contributed by atoms with E-state index in [2.05, 4.69) is 5.32 Å². The van der Waals surface area contributed by atoms with E-state index in [4.69, 9.17) is 0 Å². The van der Waals surface area contributed by atoms with Gasteiger partial charge in [0.1, 0.15) is 5.78 Å². The monoisotopic (exact) mass is 245 g/mol. The molecule has 0 aromatic heterocycles. The SMILES string of the molecule is CC(=O)CCCc1cccc(C(=O)NC2CC2)c1. The van der Waals surface area contributed by atoms with Crippen LogP contribution >= 0.6 is 0 Å². The van der Waals surface area contributed by atoms with Gasteiger partial charge in [0.15, 0.2) is 0 Å². The number of carbonyl (C=O) groups excluding carboxylic acids is 2. The molecule has 1 fully saturated rings. The first-order chi connectivity index (χ1) is 8.65. The summed E-state index contributed by atoms with van der Waals surface area (Å²) in [7, 11) is 0. The first-order valence-corrected chi connectivity index (χ1v) is 6.54. The van der Waals surface area contributed by atoms with Crippen LogP contribution in [0.4, 0.5) is 0 Å². The fourth-order valence-corrected chi connectivity index (χ4v) is 1.91. The number of aryl methyl sites for hydroxylation is 1. The van der Waals surface area contributed by atoms with Crippen molar-refractivity contribution in [2.75, 3.05) is 0 Å². The highest BCUT2D eigenvalue weighted by Crippen LogP contribution is 2.19. The standard InChI is InChI=1S/C15H19NO2/c1-11(17)4-2-5-12-6-3-7-13(10-12)15(18)16-14-8-9-14/h3,6-7,10,14H,2,4-5,8-9H2,1H3,(H,16,18). The second kappa shape index (κ2) is 5.80. The molecule has 1 amide bonds. The van der Waals surface area contributed by atoms with Gasteiger partial charge < -0.3 is 10.1 Å². The van der Waals surface area contributed by atoms with Gasteiger partial charge in [-0.3, -0.25) is 4.79 Å². The maximum Gasteiger partial charge on any atom is 0.251 e. The van der Waals surface area contributed by atoms with E-state index in [-0.39, 0.29) is 11.7 Å². The fourth-order valence-electron chi connectivity index (χ4n) is 1.91. The van der Waals surface area contributed by atoms with E-state index < -0.39 is 0 Å². The van der Waals surface area contributed by atoms with Gasteiger partial charge in [0.05, 0.1) is 0 Å². The second-order valence-electron chi connectivity index (χ2n) is 5.00. The molecule has 1 aromatic rings. The molecule has 0 unspecified atom stereocenters. The third-order valence-corrected chi connectivity index (χ3v) is 3.10. The third-order valence-electron chi connectivity index (χ3n) is 3.10. The maximum atomic E-state index is 11.9. The van der Waals surface area contributed by atoms with Crippen LogP contribution in [0.25, 0.3) is 0 Å². The molecule has 0 saturated heterocycles. The van der Waals surface area contributed by atoms with Crippen LogP contribution in [-0.2, 0) is 11.2 Å². The van der Waals surface area contributed by atoms with Crippen LogP contribution in [0.3, 0.4) is 0 Å². The van der Waals surface area contributed by atoms with Gasteiger partial charge in [0, 0.05) is 18.0 Å². The highest BCUT2D eigenvalue weighted by atomic mass is 16.1. The van der Waals surface area contributed by atoms with Crippen molar-refractivity contribution in [3.8, 4) is 0 Å². The molecule has 0 atom stereocenters. The predicted molar refractivity (Wildman–Crippen MR) is 70.5 cm³/mol. The van der Waals surface area contributed by atoms with Crippen LogP contribution in [0.2, 0.25) is 0 Å². The lowest BCUT2D eigenvalue weighted by Gasteiger charge is -2.05. The van der Waals surface area contributed by atoms with E-state index in [1.165, 1.54) is 0 Å². The van der Waals surface area contributed by atoms with Crippen LogP contribution in [0.15, 0.2) is 24.3 Å². The fraction of sp³-hybridized carbons (Fsp3) is 0.467. The lowest BCUT2D eigenvalue weighted by atomic mass is 10.0. The van der Waals surface area contributed by atoms with Crippen molar-refractivity contribution in [3.63, 3.8) is 0 Å². The number of hydrogen-bond acceptors (Lipinski definition) is 2. The second-order valence-corrected chi connectivity index (χ2v) is 5.00. The molecule has 0 heterocycles. The lowest BCUT2D eigenvalue weighted by Crippen LogP contribution is -2.25. The van der Waals surface area contributed by atoms with E-state index in [0.717, 1.165) is 36.8 Å². The van der Waals surface area contributed by atoms with E-state index in [9.17, 15) is 9.59 Å². The molecule has 0 bridgehead atoms. The minimum atomic E-state index is 0.0194. The molecule has 3 nitrogen and oxygen atoms in total. The van der Waals surface area contributed by atoms with Crippen LogP contribution < -0.4 is 5.32 Å². The van der Waals surface area contributed by atoms with Crippen molar-refractivity contribution >= 4 is 11.7 Å². The number of carbonyl (C=O) groups is 2. The summed E-state index contributed by atoms with van der Waals surface area (Å²) < 4.78 is 0. The number of Topliss-reactive ketones (excluding diaryl/α,β-unsaturated/α-hetero) is 1. The Labute approximate surface area is 108 Å². The molecule has 0 spiro atoms. The molecule has 18 heavy (non-hydrogen) atoms. The van der Waals surface area contributed by atoms with E-state index in [0.29, 0.717) is 12.5 Å². The number of nitrogens with one attached hydrogen (secondary N) is 1. The molecule has 0 aliphatic heterocycles. The summed E-state index contributed by atoms with van der Waals surface area (Å²) in [4.78, 5) is 22.7. The highest BCUT2D eigenvalue weighted by Gasteiger charge is 2.23. The van der Waals surface area contributed by atoms with Crippen molar-refractivity contribution in [1.29, 1.82) is 0 Å². The van der Waals surface area contributed by atoms with Crippen LogP contribution in [0, 0.1) is 0 Å². The summed E-state index contributed by atoms with van der Waals surface area (Å²) in [6.07, 6.45) is 4.51. The Hall–Kier alpha value is -1.64. The molecular formula is C15H19NO2. The Morgan fingerprint density at radius 2 is 2.11 bits per heavy atom. The van der Waals surface area contributed by atoms with E-state index in [1.807, 2.05) is 24.3 Å². The molecule has 2 rings (SSSR count). The first kappa shape index (κ1) is 12.8. The summed E-state index contributed by atoms with van der Waals surface area (Å²) in [5, 5.41) is 2.98. The van der Waals surface area contributed by atoms with Crippen LogP contribution in [0.5, 0.6) is 0 Å². The van der Waals surface area contributed by atoms with Crippen molar-refractivity contribution < 1.29 is 9.59 Å². The maximum absolute atomic E-state index is 11.9. The molecule has 1 saturated carbocycles. The smallest absolute Gasteiger partial charge is 0.251 e. The Morgan fingerprint density at radius 1 is 1.33 bits per heavy atom. The first-order valence-electron chi connectivity index (χ1n) is 6.54. The number of benzene rings is 1. The highest BCUT2D eigenvalue weighted by molar-refractivity contribution is 5.94. The number of hydrogen-bond donors (Lipinski definition) is 1. The zero-order valence-electron chi connectivity index (χ0n) is 10.7. The van der Waals surface area contributed by atoms with Crippen LogP contribution in [-0.4, -0.2) is 17.7 Å². The quantitative estimate of drug-likeness (QED) is 0.837. The summed E-state index contributed by atoms with van der Waals surface area (Å²) in [6.45, 7) is 1.61. The van der Waals surface area contributed by atoms with Crippen molar-refractivity contribution in [2.24, 2.45) is 0 Å². The van der Waals surface area contributed by atoms with Crippen molar-refractivity contribution in [2.45, 2.75) is 45.1 Å².